The van der Waals surface area contributed by atoms with Crippen LogP contribution in [0.15, 0.2) is 30.3 Å². The standard InChI is InChI=1S/C17H18N4O3/c18-16-15-13-9-14(19-16)24-7-2-1-6-23-12-5-3-4-11(8-12)10-21(13)17(22)20-15/h3-5,8-9H,1-2,6-7,10H2,(H2,18,19)(H,20,22). The largest absolute Gasteiger partial charge is 0.494 e. The van der Waals surface area contributed by atoms with E-state index in [1.165, 1.54) is 0 Å². The maximum atomic E-state index is 10.2. The van der Waals surface area contributed by atoms with Crippen molar-refractivity contribution >= 4 is 16.9 Å². The van der Waals surface area contributed by atoms with Gasteiger partial charge in [-0.05, 0) is 30.5 Å². The van der Waals surface area contributed by atoms with Crippen molar-refractivity contribution in [3.05, 3.63) is 35.9 Å². The maximum Gasteiger partial charge on any atom is 0.295 e. The molecule has 3 heterocycles. The van der Waals surface area contributed by atoms with Crippen molar-refractivity contribution in [2.45, 2.75) is 19.4 Å². The number of benzene rings is 1. The Hall–Kier alpha value is -2.96. The van der Waals surface area contributed by atoms with Gasteiger partial charge in [0.15, 0.2) is 5.82 Å². The Morgan fingerprint density at radius 1 is 1.08 bits per heavy atom. The lowest BCUT2D eigenvalue weighted by Gasteiger charge is -2.12. The predicted octanol–water partition coefficient (Wildman–Crippen LogP) is 2.32. The number of nitrogen functional groups attached to an aromatic ring is 1. The third-order valence-electron chi connectivity index (χ3n) is 4.02. The molecule has 0 amide bonds. The van der Waals surface area contributed by atoms with E-state index >= 15 is 0 Å². The normalized spacial score (nSPS) is 14.8. The quantitative estimate of drug-likeness (QED) is 0.658. The van der Waals surface area contributed by atoms with Gasteiger partial charge >= 0.3 is 0 Å². The van der Waals surface area contributed by atoms with Gasteiger partial charge in [0.2, 0.25) is 5.88 Å². The average Bonchev–Trinajstić information content (AvgIpc) is 2.88. The van der Waals surface area contributed by atoms with Crippen molar-refractivity contribution in [2.24, 2.45) is 0 Å². The number of anilines is 1. The number of fused-ring (bicyclic) bond motifs is 3. The van der Waals surface area contributed by atoms with Crippen LogP contribution in [-0.2, 0) is 6.54 Å². The third-order valence-corrected chi connectivity index (χ3v) is 4.02. The summed E-state index contributed by atoms with van der Waals surface area (Å²) in [5.74, 6) is 1.50. The van der Waals surface area contributed by atoms with Crippen molar-refractivity contribution in [3.63, 3.8) is 0 Å². The molecule has 0 fully saturated rings. The highest BCUT2D eigenvalue weighted by Gasteiger charge is 2.16. The molecule has 3 N–H and O–H groups in total. The summed E-state index contributed by atoms with van der Waals surface area (Å²) in [6.45, 7) is 1.60. The summed E-state index contributed by atoms with van der Waals surface area (Å²) >= 11 is 0. The first-order valence-electron chi connectivity index (χ1n) is 7.91. The van der Waals surface area contributed by atoms with Crippen LogP contribution in [0.3, 0.4) is 0 Å². The van der Waals surface area contributed by atoms with Gasteiger partial charge in [0.05, 0.1) is 25.3 Å². The van der Waals surface area contributed by atoms with Crippen LogP contribution in [0.4, 0.5) is 5.82 Å². The zero-order valence-electron chi connectivity index (χ0n) is 13.1. The number of imidazole rings is 1. The van der Waals surface area contributed by atoms with Crippen LogP contribution in [0.1, 0.15) is 18.4 Å². The highest BCUT2D eigenvalue weighted by atomic mass is 16.5. The molecule has 0 saturated carbocycles. The summed E-state index contributed by atoms with van der Waals surface area (Å²) in [7, 11) is 0. The summed E-state index contributed by atoms with van der Waals surface area (Å²) in [5, 5.41) is 10.2. The van der Waals surface area contributed by atoms with Gasteiger partial charge in [-0.2, -0.15) is 9.97 Å². The lowest BCUT2D eigenvalue weighted by Crippen LogP contribution is -2.06. The van der Waals surface area contributed by atoms with Gasteiger partial charge in [-0.3, -0.25) is 4.57 Å². The summed E-state index contributed by atoms with van der Waals surface area (Å²) in [5.41, 5.74) is 8.14. The van der Waals surface area contributed by atoms with Gasteiger partial charge in [-0.1, -0.05) is 12.1 Å². The molecule has 1 aliphatic heterocycles. The molecule has 24 heavy (non-hydrogen) atoms. The van der Waals surface area contributed by atoms with E-state index in [-0.39, 0.29) is 11.8 Å². The second kappa shape index (κ2) is 5.92. The zero-order valence-corrected chi connectivity index (χ0v) is 13.1. The van der Waals surface area contributed by atoms with Crippen molar-refractivity contribution in [1.29, 1.82) is 0 Å². The monoisotopic (exact) mass is 326 g/mol. The number of nitrogens with zero attached hydrogens (tertiary/aromatic N) is 3. The van der Waals surface area contributed by atoms with Crippen molar-refractivity contribution in [1.82, 2.24) is 14.5 Å². The molecule has 124 valence electrons. The fraction of sp³-hybridized carbons (Fsp3) is 0.294. The lowest BCUT2D eigenvalue weighted by atomic mass is 10.2. The number of rotatable bonds is 0. The molecule has 1 aromatic carbocycles. The number of hydrogen-bond donors (Lipinski definition) is 2. The number of pyridine rings is 1. The molecular weight excluding hydrogens is 308 g/mol. The van der Waals surface area contributed by atoms with Crippen molar-refractivity contribution in [2.75, 3.05) is 18.9 Å². The smallest absolute Gasteiger partial charge is 0.295 e. The molecule has 0 aliphatic carbocycles. The number of aromatic nitrogens is 3. The minimum Gasteiger partial charge on any atom is -0.494 e. The Morgan fingerprint density at radius 3 is 2.79 bits per heavy atom. The third kappa shape index (κ3) is 2.68. The maximum absolute atomic E-state index is 10.2. The van der Waals surface area contributed by atoms with Gasteiger partial charge in [0, 0.05) is 6.07 Å². The van der Waals surface area contributed by atoms with E-state index in [1.807, 2.05) is 24.3 Å². The topological polar surface area (TPSA) is 95.4 Å². The second-order valence-corrected chi connectivity index (χ2v) is 5.76. The Labute approximate surface area is 138 Å². The fourth-order valence-electron chi connectivity index (χ4n) is 2.83. The minimum atomic E-state index is -0.103. The fourth-order valence-corrected chi connectivity index (χ4v) is 2.83. The number of nitrogens with two attached hydrogens (primary N) is 1. The van der Waals surface area contributed by atoms with Gasteiger partial charge in [0.1, 0.15) is 11.3 Å². The van der Waals surface area contributed by atoms with Gasteiger partial charge in [0.25, 0.3) is 6.01 Å². The van der Waals surface area contributed by atoms with E-state index in [0.717, 1.165) is 24.2 Å². The minimum absolute atomic E-state index is 0.103. The second-order valence-electron chi connectivity index (χ2n) is 5.76. The summed E-state index contributed by atoms with van der Waals surface area (Å²) in [4.78, 5) is 8.34. The van der Waals surface area contributed by atoms with E-state index in [2.05, 4.69) is 9.97 Å². The van der Waals surface area contributed by atoms with Gasteiger partial charge < -0.3 is 20.3 Å². The number of aromatic hydroxyl groups is 1. The SMILES string of the molecule is Nc1nc2cc3c1nc(O)n3Cc1cccc(c1)OCCCCO2. The van der Waals surface area contributed by atoms with E-state index in [0.29, 0.717) is 36.7 Å². The highest BCUT2D eigenvalue weighted by Crippen LogP contribution is 2.29. The molecular formula is C17H18N4O3. The van der Waals surface area contributed by atoms with Crippen LogP contribution in [0.5, 0.6) is 17.6 Å². The highest BCUT2D eigenvalue weighted by molar-refractivity contribution is 5.87. The zero-order chi connectivity index (χ0) is 16.5. The van der Waals surface area contributed by atoms with E-state index in [9.17, 15) is 5.11 Å². The number of ether oxygens (including phenoxy) is 2. The van der Waals surface area contributed by atoms with Crippen molar-refractivity contribution in [3.8, 4) is 17.6 Å². The molecule has 2 aromatic heterocycles. The van der Waals surface area contributed by atoms with Crippen LogP contribution < -0.4 is 15.2 Å². The molecule has 0 spiro atoms. The molecule has 7 heteroatoms. The van der Waals surface area contributed by atoms with Crippen LogP contribution in [0.25, 0.3) is 11.0 Å². The molecule has 3 aromatic rings. The Bertz CT molecular complexity index is 891. The van der Waals surface area contributed by atoms with Crippen LogP contribution >= 0.6 is 0 Å². The first kappa shape index (κ1) is 14.6. The van der Waals surface area contributed by atoms with Crippen LogP contribution in [0.2, 0.25) is 0 Å². The Morgan fingerprint density at radius 2 is 1.92 bits per heavy atom. The Balaban J connectivity index is 1.84. The van der Waals surface area contributed by atoms with Gasteiger partial charge in [-0.25, -0.2) is 0 Å². The summed E-state index contributed by atoms with van der Waals surface area (Å²) in [6.07, 6.45) is 1.74. The summed E-state index contributed by atoms with van der Waals surface area (Å²) in [6, 6.07) is 9.48. The van der Waals surface area contributed by atoms with E-state index in [4.69, 9.17) is 15.2 Å². The average molecular weight is 326 g/mol. The van der Waals surface area contributed by atoms with Crippen LogP contribution in [0, 0.1) is 0 Å². The first-order chi connectivity index (χ1) is 11.7. The van der Waals surface area contributed by atoms with Crippen LogP contribution in [-0.4, -0.2) is 32.9 Å². The van der Waals surface area contributed by atoms with Crippen molar-refractivity contribution < 1.29 is 14.6 Å². The molecule has 4 bridgehead atoms. The predicted molar refractivity (Wildman–Crippen MR) is 89.4 cm³/mol. The molecule has 1 aliphatic rings. The summed E-state index contributed by atoms with van der Waals surface area (Å²) < 4.78 is 13.1. The number of hydrogen-bond acceptors (Lipinski definition) is 6. The molecule has 0 radical (unpaired) electrons. The first-order valence-corrected chi connectivity index (χ1v) is 7.91. The van der Waals surface area contributed by atoms with Gasteiger partial charge in [-0.15, -0.1) is 0 Å². The lowest BCUT2D eigenvalue weighted by molar-refractivity contribution is 0.261. The van der Waals surface area contributed by atoms with E-state index < -0.39 is 0 Å². The Kier molecular flexibility index (Phi) is 3.60. The molecule has 0 saturated heterocycles. The molecule has 0 unspecified atom stereocenters. The molecule has 7 nitrogen and oxygen atoms in total. The molecule has 0 atom stereocenters. The van der Waals surface area contributed by atoms with E-state index in [1.54, 1.807) is 10.6 Å². The molecule has 4 rings (SSSR count).